The number of nitrogens with one attached hydrogen (secondary N) is 2. The number of anilines is 1. The SMILES string of the molecule is CCOc1ccccc1NCCNC1CC1. The lowest BCUT2D eigenvalue weighted by Gasteiger charge is -2.12. The minimum absolute atomic E-state index is 0.707. The van der Waals surface area contributed by atoms with E-state index in [1.165, 1.54) is 12.8 Å². The molecule has 88 valence electrons. The number of para-hydroxylation sites is 2. The highest BCUT2D eigenvalue weighted by Gasteiger charge is 2.19. The van der Waals surface area contributed by atoms with E-state index in [4.69, 9.17) is 4.74 Å². The van der Waals surface area contributed by atoms with Gasteiger partial charge in [0.15, 0.2) is 0 Å². The molecule has 3 heteroatoms. The number of hydrogen-bond donors (Lipinski definition) is 2. The average molecular weight is 220 g/mol. The topological polar surface area (TPSA) is 33.3 Å². The molecule has 0 radical (unpaired) electrons. The van der Waals surface area contributed by atoms with Crippen molar-refractivity contribution in [1.29, 1.82) is 0 Å². The summed E-state index contributed by atoms with van der Waals surface area (Å²) in [7, 11) is 0. The van der Waals surface area contributed by atoms with Gasteiger partial charge in [-0.25, -0.2) is 0 Å². The fraction of sp³-hybridized carbons (Fsp3) is 0.538. The van der Waals surface area contributed by atoms with Gasteiger partial charge in [-0.2, -0.15) is 0 Å². The van der Waals surface area contributed by atoms with Crippen LogP contribution >= 0.6 is 0 Å². The molecule has 3 nitrogen and oxygen atoms in total. The molecule has 0 heterocycles. The van der Waals surface area contributed by atoms with E-state index >= 15 is 0 Å². The first-order valence-electron chi connectivity index (χ1n) is 6.09. The maximum atomic E-state index is 5.54. The second-order valence-corrected chi connectivity index (χ2v) is 4.08. The van der Waals surface area contributed by atoms with Crippen LogP contribution in [0.5, 0.6) is 5.75 Å². The maximum absolute atomic E-state index is 5.54. The van der Waals surface area contributed by atoms with Gasteiger partial charge >= 0.3 is 0 Å². The van der Waals surface area contributed by atoms with Gasteiger partial charge in [-0.05, 0) is 31.9 Å². The molecular formula is C13H20N2O. The summed E-state index contributed by atoms with van der Waals surface area (Å²) in [4.78, 5) is 0. The van der Waals surface area contributed by atoms with Crippen molar-refractivity contribution in [3.63, 3.8) is 0 Å². The Hall–Kier alpha value is -1.22. The van der Waals surface area contributed by atoms with Crippen molar-refractivity contribution >= 4 is 5.69 Å². The molecule has 1 aromatic carbocycles. The van der Waals surface area contributed by atoms with E-state index in [0.29, 0.717) is 6.61 Å². The number of ether oxygens (including phenoxy) is 1. The summed E-state index contributed by atoms with van der Waals surface area (Å²) in [5, 5.41) is 6.87. The Morgan fingerprint density at radius 1 is 1.25 bits per heavy atom. The van der Waals surface area contributed by atoms with Gasteiger partial charge in [0.25, 0.3) is 0 Å². The molecule has 0 aromatic heterocycles. The van der Waals surface area contributed by atoms with Gasteiger partial charge < -0.3 is 15.4 Å². The van der Waals surface area contributed by atoms with Gasteiger partial charge in [-0.3, -0.25) is 0 Å². The molecule has 0 saturated heterocycles. The Balaban J connectivity index is 1.77. The van der Waals surface area contributed by atoms with Crippen molar-refractivity contribution in [3.05, 3.63) is 24.3 Å². The predicted octanol–water partition coefficient (Wildman–Crippen LogP) is 2.25. The van der Waals surface area contributed by atoms with Crippen molar-refractivity contribution in [2.45, 2.75) is 25.8 Å². The first kappa shape index (κ1) is 11.3. The highest BCUT2D eigenvalue weighted by molar-refractivity contribution is 5.56. The van der Waals surface area contributed by atoms with Crippen molar-refractivity contribution in [1.82, 2.24) is 5.32 Å². The summed E-state index contributed by atoms with van der Waals surface area (Å²) in [6.07, 6.45) is 2.69. The molecule has 2 rings (SSSR count). The van der Waals surface area contributed by atoms with Crippen LogP contribution in [0.25, 0.3) is 0 Å². The van der Waals surface area contributed by atoms with Crippen molar-refractivity contribution in [3.8, 4) is 5.75 Å². The first-order valence-corrected chi connectivity index (χ1v) is 6.09. The third-order valence-corrected chi connectivity index (χ3v) is 2.64. The van der Waals surface area contributed by atoms with E-state index < -0.39 is 0 Å². The normalized spacial score (nSPS) is 14.8. The van der Waals surface area contributed by atoms with Gasteiger partial charge in [-0.1, -0.05) is 12.1 Å². The summed E-state index contributed by atoms with van der Waals surface area (Å²) in [5.41, 5.74) is 1.09. The van der Waals surface area contributed by atoms with Crippen LogP contribution in [0.1, 0.15) is 19.8 Å². The Labute approximate surface area is 97.2 Å². The van der Waals surface area contributed by atoms with E-state index in [2.05, 4.69) is 16.7 Å². The number of hydrogen-bond acceptors (Lipinski definition) is 3. The van der Waals surface area contributed by atoms with Gasteiger partial charge in [0.2, 0.25) is 0 Å². The molecule has 2 N–H and O–H groups in total. The molecule has 0 bridgehead atoms. The van der Waals surface area contributed by atoms with Crippen LogP contribution in [0.2, 0.25) is 0 Å². The minimum Gasteiger partial charge on any atom is -0.492 e. The largest absolute Gasteiger partial charge is 0.492 e. The quantitative estimate of drug-likeness (QED) is 0.691. The van der Waals surface area contributed by atoms with Gasteiger partial charge in [0, 0.05) is 19.1 Å². The fourth-order valence-electron chi connectivity index (χ4n) is 1.65. The van der Waals surface area contributed by atoms with Gasteiger partial charge in [-0.15, -0.1) is 0 Å². The molecule has 1 aromatic rings. The standard InChI is InChI=1S/C13H20N2O/c1-2-16-13-6-4-3-5-12(13)15-10-9-14-11-7-8-11/h3-6,11,14-15H,2,7-10H2,1H3. The molecule has 1 fully saturated rings. The van der Waals surface area contributed by atoms with E-state index in [9.17, 15) is 0 Å². The third-order valence-electron chi connectivity index (χ3n) is 2.64. The molecule has 1 aliphatic rings. The molecule has 1 saturated carbocycles. The summed E-state index contributed by atoms with van der Waals surface area (Å²) in [5.74, 6) is 0.941. The highest BCUT2D eigenvalue weighted by Crippen LogP contribution is 2.23. The van der Waals surface area contributed by atoms with Crippen molar-refractivity contribution in [2.75, 3.05) is 25.0 Å². The number of rotatable bonds is 7. The lowest BCUT2D eigenvalue weighted by Crippen LogP contribution is -2.24. The van der Waals surface area contributed by atoms with Crippen molar-refractivity contribution in [2.24, 2.45) is 0 Å². The molecule has 16 heavy (non-hydrogen) atoms. The molecule has 1 aliphatic carbocycles. The molecular weight excluding hydrogens is 200 g/mol. The van der Waals surface area contributed by atoms with Crippen LogP contribution in [0, 0.1) is 0 Å². The Morgan fingerprint density at radius 3 is 2.81 bits per heavy atom. The van der Waals surface area contributed by atoms with Crippen molar-refractivity contribution < 1.29 is 4.74 Å². The van der Waals surface area contributed by atoms with Gasteiger partial charge in [0.1, 0.15) is 5.75 Å². The number of benzene rings is 1. The highest BCUT2D eigenvalue weighted by atomic mass is 16.5. The van der Waals surface area contributed by atoms with E-state index in [-0.39, 0.29) is 0 Å². The van der Waals surface area contributed by atoms with Gasteiger partial charge in [0.05, 0.1) is 12.3 Å². The predicted molar refractivity (Wildman–Crippen MR) is 67.1 cm³/mol. The zero-order valence-electron chi connectivity index (χ0n) is 9.83. The van der Waals surface area contributed by atoms with Crippen LogP contribution in [0.4, 0.5) is 5.69 Å². The van der Waals surface area contributed by atoms with Crippen LogP contribution < -0.4 is 15.4 Å². The summed E-state index contributed by atoms with van der Waals surface area (Å²) < 4.78 is 5.54. The van der Waals surface area contributed by atoms with Crippen LogP contribution in [-0.4, -0.2) is 25.7 Å². The smallest absolute Gasteiger partial charge is 0.142 e. The molecule has 0 spiro atoms. The first-order chi connectivity index (χ1) is 7.90. The fourth-order valence-corrected chi connectivity index (χ4v) is 1.65. The Morgan fingerprint density at radius 2 is 2.06 bits per heavy atom. The monoisotopic (exact) mass is 220 g/mol. The van der Waals surface area contributed by atoms with E-state index in [0.717, 1.165) is 30.6 Å². The zero-order chi connectivity index (χ0) is 11.2. The van der Waals surface area contributed by atoms with Crippen LogP contribution in [0.3, 0.4) is 0 Å². The van der Waals surface area contributed by atoms with E-state index in [1.54, 1.807) is 0 Å². The lowest BCUT2D eigenvalue weighted by atomic mass is 10.3. The summed E-state index contributed by atoms with van der Waals surface area (Å²) in [6, 6.07) is 8.86. The zero-order valence-corrected chi connectivity index (χ0v) is 9.83. The third kappa shape index (κ3) is 3.42. The average Bonchev–Trinajstić information content (AvgIpc) is 3.11. The van der Waals surface area contributed by atoms with E-state index in [1.807, 2.05) is 25.1 Å². The molecule has 0 aliphatic heterocycles. The molecule has 0 amide bonds. The van der Waals surface area contributed by atoms with Crippen LogP contribution in [-0.2, 0) is 0 Å². The Kier molecular flexibility index (Phi) is 4.05. The van der Waals surface area contributed by atoms with Crippen LogP contribution in [0.15, 0.2) is 24.3 Å². The maximum Gasteiger partial charge on any atom is 0.142 e. The molecule has 0 atom stereocenters. The lowest BCUT2D eigenvalue weighted by molar-refractivity contribution is 0.341. The molecule has 0 unspecified atom stereocenters. The minimum atomic E-state index is 0.707. The Bertz CT molecular complexity index is 323. The summed E-state index contributed by atoms with van der Waals surface area (Å²) in [6.45, 7) is 4.68. The second kappa shape index (κ2) is 5.75. The summed E-state index contributed by atoms with van der Waals surface area (Å²) >= 11 is 0. The second-order valence-electron chi connectivity index (χ2n) is 4.08.